The molecule has 1 heterocycles. The van der Waals surface area contributed by atoms with Gasteiger partial charge in [0, 0.05) is 0 Å². The van der Waals surface area contributed by atoms with Crippen molar-refractivity contribution in [3.63, 3.8) is 0 Å². The molecule has 1 saturated heterocycles. The normalized spacial score (nSPS) is 24.8. The first kappa shape index (κ1) is 11.3. The summed E-state index contributed by atoms with van der Waals surface area (Å²) in [4.78, 5) is 23.8. The summed E-state index contributed by atoms with van der Waals surface area (Å²) in [5, 5.41) is 10.0. The molecule has 0 aromatic carbocycles. The van der Waals surface area contributed by atoms with Gasteiger partial charge in [0.2, 0.25) is 11.8 Å². The van der Waals surface area contributed by atoms with Crippen LogP contribution >= 0.6 is 0 Å². The predicted molar refractivity (Wildman–Crippen MR) is 56.0 cm³/mol. The third-order valence-corrected chi connectivity index (χ3v) is 3.32. The molecule has 2 fully saturated rings. The molecule has 1 unspecified atom stereocenters. The van der Waals surface area contributed by atoms with Crippen molar-refractivity contribution in [2.45, 2.75) is 30.9 Å². The second kappa shape index (κ2) is 3.71. The predicted octanol–water partition coefficient (Wildman–Crippen LogP) is -1.83. The average Bonchev–Trinajstić information content (AvgIpc) is 2.93. The molecule has 0 radical (unpaired) electrons. The Morgan fingerprint density at radius 2 is 2.00 bits per heavy atom. The Labute approximate surface area is 93.6 Å². The van der Waals surface area contributed by atoms with Crippen molar-refractivity contribution in [1.29, 1.82) is 0 Å². The van der Waals surface area contributed by atoms with Gasteiger partial charge in [0.1, 0.15) is 5.60 Å². The van der Waals surface area contributed by atoms with Crippen molar-refractivity contribution in [2.24, 2.45) is 17.4 Å². The van der Waals surface area contributed by atoms with Crippen LogP contribution in [0, 0.1) is 5.92 Å². The Bertz CT molecular complexity index is 321. The average molecular weight is 227 g/mol. The highest BCUT2D eigenvalue weighted by atomic mass is 16.3. The van der Waals surface area contributed by atoms with Gasteiger partial charge in [0.05, 0.1) is 25.6 Å². The minimum atomic E-state index is -0.874. The van der Waals surface area contributed by atoms with Crippen molar-refractivity contribution < 1.29 is 14.7 Å². The molecule has 16 heavy (non-hydrogen) atoms. The van der Waals surface area contributed by atoms with Gasteiger partial charge in [-0.05, 0) is 18.8 Å². The molecule has 5 N–H and O–H groups in total. The Morgan fingerprint density at radius 3 is 2.44 bits per heavy atom. The van der Waals surface area contributed by atoms with Crippen LogP contribution in [0.25, 0.3) is 0 Å². The van der Waals surface area contributed by atoms with E-state index in [1.165, 1.54) is 4.90 Å². The number of nitrogens with zero attached hydrogens (tertiary/aromatic N) is 1. The van der Waals surface area contributed by atoms with E-state index in [1.54, 1.807) is 0 Å². The van der Waals surface area contributed by atoms with Crippen molar-refractivity contribution in [2.75, 3.05) is 13.1 Å². The second-order valence-electron chi connectivity index (χ2n) is 4.85. The zero-order valence-corrected chi connectivity index (χ0v) is 9.06. The van der Waals surface area contributed by atoms with Crippen molar-refractivity contribution >= 4 is 11.8 Å². The monoisotopic (exact) mass is 227 g/mol. The van der Waals surface area contributed by atoms with E-state index >= 15 is 0 Å². The summed E-state index contributed by atoms with van der Waals surface area (Å²) in [7, 11) is 0. The van der Waals surface area contributed by atoms with Crippen LogP contribution in [0.2, 0.25) is 0 Å². The number of carbonyl (C=O) groups excluding carboxylic acids is 2. The molecule has 0 aromatic rings. The van der Waals surface area contributed by atoms with E-state index in [4.69, 9.17) is 11.5 Å². The first-order valence-electron chi connectivity index (χ1n) is 5.47. The summed E-state index contributed by atoms with van der Waals surface area (Å²) in [5.74, 6) is -0.549. The maximum absolute atomic E-state index is 11.7. The number of β-amino-alcohol motifs (C(OH)–C–C–N with tert-alkyl or cyclic N) is 1. The molecule has 0 aromatic heterocycles. The van der Waals surface area contributed by atoms with Crippen LogP contribution in [0.3, 0.4) is 0 Å². The van der Waals surface area contributed by atoms with Gasteiger partial charge in [-0.15, -0.1) is 0 Å². The number of rotatable bonds is 4. The maximum Gasteiger partial charge on any atom is 0.240 e. The summed E-state index contributed by atoms with van der Waals surface area (Å²) in [6.45, 7) is 0.673. The van der Waals surface area contributed by atoms with Crippen molar-refractivity contribution in [3.05, 3.63) is 0 Å². The summed E-state index contributed by atoms with van der Waals surface area (Å²) in [5.41, 5.74) is 9.79. The zero-order valence-electron chi connectivity index (χ0n) is 9.06. The van der Waals surface area contributed by atoms with E-state index in [2.05, 4.69) is 0 Å². The van der Waals surface area contributed by atoms with E-state index in [-0.39, 0.29) is 12.3 Å². The topological polar surface area (TPSA) is 110 Å². The first-order chi connectivity index (χ1) is 7.42. The summed E-state index contributed by atoms with van der Waals surface area (Å²) in [6.07, 6.45) is 1.93. The van der Waals surface area contributed by atoms with E-state index in [9.17, 15) is 14.7 Å². The first-order valence-corrected chi connectivity index (χ1v) is 5.47. The standard InChI is InChI=1S/C10H17N3O3/c11-7(3-8(12)14)9(15)13-4-10(16,5-13)6-1-2-6/h6-7,16H,1-5,11H2,(H2,12,14). The molecule has 2 amide bonds. The van der Waals surface area contributed by atoms with Crippen molar-refractivity contribution in [1.82, 2.24) is 4.90 Å². The van der Waals surface area contributed by atoms with Gasteiger partial charge in [0.25, 0.3) is 0 Å². The molecule has 2 aliphatic rings. The quantitative estimate of drug-likeness (QED) is 0.525. The van der Waals surface area contributed by atoms with Gasteiger partial charge in [-0.3, -0.25) is 9.59 Å². The molecular formula is C10H17N3O3. The minimum absolute atomic E-state index is 0.142. The Hall–Kier alpha value is -1.14. The summed E-state index contributed by atoms with van der Waals surface area (Å²) < 4.78 is 0. The third-order valence-electron chi connectivity index (χ3n) is 3.32. The number of aliphatic hydroxyl groups is 1. The number of hydrogen-bond donors (Lipinski definition) is 3. The zero-order chi connectivity index (χ0) is 11.9. The highest BCUT2D eigenvalue weighted by Crippen LogP contribution is 2.44. The number of likely N-dealkylation sites (tertiary alicyclic amines) is 1. The highest BCUT2D eigenvalue weighted by Gasteiger charge is 2.53. The SMILES string of the molecule is NC(=O)CC(N)C(=O)N1CC(O)(C2CC2)C1. The van der Waals surface area contributed by atoms with Gasteiger partial charge in [-0.2, -0.15) is 0 Å². The molecule has 1 aliphatic carbocycles. The van der Waals surface area contributed by atoms with Gasteiger partial charge in [-0.1, -0.05) is 0 Å². The summed E-state index contributed by atoms with van der Waals surface area (Å²) in [6, 6.07) is -0.874. The maximum atomic E-state index is 11.7. The van der Waals surface area contributed by atoms with Crippen LogP contribution in [0.4, 0.5) is 0 Å². The van der Waals surface area contributed by atoms with Crippen molar-refractivity contribution in [3.8, 4) is 0 Å². The second-order valence-corrected chi connectivity index (χ2v) is 4.85. The number of carbonyl (C=O) groups is 2. The molecule has 6 heteroatoms. The fourth-order valence-corrected chi connectivity index (χ4v) is 2.19. The molecule has 1 aliphatic heterocycles. The lowest BCUT2D eigenvalue weighted by Gasteiger charge is -2.47. The lowest BCUT2D eigenvalue weighted by atomic mass is 9.88. The smallest absolute Gasteiger partial charge is 0.240 e. The fraction of sp³-hybridized carbons (Fsp3) is 0.800. The van der Waals surface area contributed by atoms with Crippen LogP contribution in [0.5, 0.6) is 0 Å². The van der Waals surface area contributed by atoms with Gasteiger partial charge in [-0.25, -0.2) is 0 Å². The van der Waals surface area contributed by atoms with Crippen LogP contribution in [-0.2, 0) is 9.59 Å². The van der Waals surface area contributed by atoms with Gasteiger partial charge < -0.3 is 21.5 Å². The number of primary amides is 1. The molecule has 90 valence electrons. The lowest BCUT2D eigenvalue weighted by Crippen LogP contribution is -2.67. The van der Waals surface area contributed by atoms with Crippen LogP contribution in [-0.4, -0.2) is 46.6 Å². The highest BCUT2D eigenvalue weighted by molar-refractivity contribution is 5.88. The molecule has 6 nitrogen and oxygen atoms in total. The molecule has 0 spiro atoms. The van der Waals surface area contributed by atoms with Crippen LogP contribution in [0.1, 0.15) is 19.3 Å². The molecule has 1 atom stereocenters. The van der Waals surface area contributed by atoms with Crippen LogP contribution < -0.4 is 11.5 Å². The summed E-state index contributed by atoms with van der Waals surface area (Å²) >= 11 is 0. The van der Waals surface area contributed by atoms with E-state index in [0.717, 1.165) is 12.8 Å². The molecule has 1 saturated carbocycles. The van der Waals surface area contributed by atoms with Crippen LogP contribution in [0.15, 0.2) is 0 Å². The van der Waals surface area contributed by atoms with Gasteiger partial charge >= 0.3 is 0 Å². The number of nitrogens with two attached hydrogens (primary N) is 2. The molecule has 2 rings (SSSR count). The van der Waals surface area contributed by atoms with E-state index in [1.807, 2.05) is 0 Å². The molecular weight excluding hydrogens is 210 g/mol. The largest absolute Gasteiger partial charge is 0.386 e. The Morgan fingerprint density at radius 1 is 1.44 bits per heavy atom. The van der Waals surface area contributed by atoms with E-state index in [0.29, 0.717) is 19.0 Å². The number of amides is 2. The molecule has 0 bridgehead atoms. The fourth-order valence-electron chi connectivity index (χ4n) is 2.19. The number of hydrogen-bond acceptors (Lipinski definition) is 4. The Balaban J connectivity index is 1.82. The third kappa shape index (κ3) is 2.03. The lowest BCUT2D eigenvalue weighted by molar-refractivity contribution is -0.161. The van der Waals surface area contributed by atoms with Gasteiger partial charge in [0.15, 0.2) is 0 Å². The van der Waals surface area contributed by atoms with E-state index < -0.39 is 17.6 Å². The minimum Gasteiger partial charge on any atom is -0.386 e. The Kier molecular flexibility index (Phi) is 2.63.